The van der Waals surface area contributed by atoms with Gasteiger partial charge in [0.05, 0.1) is 6.10 Å². The van der Waals surface area contributed by atoms with E-state index in [0.717, 1.165) is 41.2 Å². The van der Waals surface area contributed by atoms with Crippen LogP contribution in [0.5, 0.6) is 0 Å². The van der Waals surface area contributed by atoms with Crippen LogP contribution in [0.4, 0.5) is 10.5 Å². The Morgan fingerprint density at radius 1 is 1.35 bits per heavy atom. The van der Waals surface area contributed by atoms with Crippen molar-refractivity contribution in [3.63, 3.8) is 0 Å². The summed E-state index contributed by atoms with van der Waals surface area (Å²) in [6.45, 7) is 2.49. The van der Waals surface area contributed by atoms with Crippen LogP contribution in [-0.2, 0) is 0 Å². The van der Waals surface area contributed by atoms with Gasteiger partial charge >= 0.3 is 6.03 Å². The number of carbonyl (C=O) groups excluding carboxylic acids is 1. The van der Waals surface area contributed by atoms with Crippen molar-refractivity contribution in [2.45, 2.75) is 32.3 Å². The Labute approximate surface area is 139 Å². The highest BCUT2D eigenvalue weighted by atomic mass is 32.1. The van der Waals surface area contributed by atoms with E-state index in [-0.39, 0.29) is 18.1 Å². The average molecular weight is 331 g/mol. The molecule has 1 aromatic heterocycles. The minimum absolute atomic E-state index is 0.177. The SMILES string of the molecule is Cc1csc(-c2ccc(NC(=O)NC[C@H]3CCC[C@@H]3O)cc2)n1. The molecule has 3 N–H and O–H groups in total. The maximum atomic E-state index is 11.9. The molecular formula is C17H21N3O2S. The van der Waals surface area contributed by atoms with Gasteiger partial charge < -0.3 is 15.7 Å². The van der Waals surface area contributed by atoms with Crippen molar-refractivity contribution < 1.29 is 9.90 Å². The number of nitrogens with one attached hydrogen (secondary N) is 2. The number of hydrogen-bond acceptors (Lipinski definition) is 4. The lowest BCUT2D eigenvalue weighted by molar-refractivity contribution is 0.133. The standard InChI is InChI=1S/C17H21N3O2S/c1-11-10-23-16(19-11)12-5-7-14(8-6-12)20-17(22)18-9-13-3-2-4-15(13)21/h5-8,10,13,15,21H,2-4,9H2,1H3,(H2,18,20,22)/t13-,15+/m1/s1. The molecule has 122 valence electrons. The van der Waals surface area contributed by atoms with E-state index in [4.69, 9.17) is 0 Å². The Kier molecular flexibility index (Phi) is 4.93. The van der Waals surface area contributed by atoms with Crippen LogP contribution in [0.1, 0.15) is 25.0 Å². The summed E-state index contributed by atoms with van der Waals surface area (Å²) in [6, 6.07) is 7.41. The second-order valence-corrected chi connectivity index (χ2v) is 6.82. The summed E-state index contributed by atoms with van der Waals surface area (Å²) in [7, 11) is 0. The molecule has 23 heavy (non-hydrogen) atoms. The second kappa shape index (κ2) is 7.10. The van der Waals surface area contributed by atoms with Crippen LogP contribution in [0.25, 0.3) is 10.6 Å². The van der Waals surface area contributed by atoms with Gasteiger partial charge in [0.25, 0.3) is 0 Å². The van der Waals surface area contributed by atoms with E-state index in [2.05, 4.69) is 15.6 Å². The Morgan fingerprint density at radius 2 is 2.13 bits per heavy atom. The summed E-state index contributed by atoms with van der Waals surface area (Å²) in [6.07, 6.45) is 2.57. The number of aryl methyl sites for hydroxylation is 1. The minimum Gasteiger partial charge on any atom is -0.393 e. The van der Waals surface area contributed by atoms with Crippen molar-refractivity contribution in [3.8, 4) is 10.6 Å². The molecule has 1 heterocycles. The highest BCUT2D eigenvalue weighted by Crippen LogP contribution is 2.25. The molecule has 6 heteroatoms. The van der Waals surface area contributed by atoms with Gasteiger partial charge in [-0.15, -0.1) is 11.3 Å². The molecule has 0 unspecified atom stereocenters. The van der Waals surface area contributed by atoms with Gasteiger partial charge in [-0.2, -0.15) is 0 Å². The zero-order valence-electron chi connectivity index (χ0n) is 13.1. The van der Waals surface area contributed by atoms with E-state index in [0.29, 0.717) is 6.54 Å². The second-order valence-electron chi connectivity index (χ2n) is 5.96. The topological polar surface area (TPSA) is 74.2 Å². The van der Waals surface area contributed by atoms with Crippen LogP contribution in [0.15, 0.2) is 29.6 Å². The molecule has 1 fully saturated rings. The van der Waals surface area contributed by atoms with E-state index >= 15 is 0 Å². The van der Waals surface area contributed by atoms with Crippen molar-refractivity contribution in [2.24, 2.45) is 5.92 Å². The predicted molar refractivity (Wildman–Crippen MR) is 92.7 cm³/mol. The molecule has 2 aromatic rings. The summed E-state index contributed by atoms with van der Waals surface area (Å²) in [5.41, 5.74) is 2.80. The maximum absolute atomic E-state index is 11.9. The Balaban J connectivity index is 1.52. The molecule has 1 aliphatic carbocycles. The monoisotopic (exact) mass is 331 g/mol. The fourth-order valence-electron chi connectivity index (χ4n) is 2.84. The Hall–Kier alpha value is -1.92. The molecule has 0 aliphatic heterocycles. The third-order valence-corrected chi connectivity index (χ3v) is 5.16. The van der Waals surface area contributed by atoms with E-state index in [1.165, 1.54) is 0 Å². The van der Waals surface area contributed by atoms with Crippen LogP contribution < -0.4 is 10.6 Å². The van der Waals surface area contributed by atoms with E-state index in [9.17, 15) is 9.90 Å². The van der Waals surface area contributed by atoms with Gasteiger partial charge in [0, 0.05) is 34.8 Å². The molecule has 2 atom stereocenters. The van der Waals surface area contributed by atoms with Crippen LogP contribution in [0.2, 0.25) is 0 Å². The first kappa shape index (κ1) is 16.0. The van der Waals surface area contributed by atoms with Gasteiger partial charge in [0.1, 0.15) is 5.01 Å². The zero-order valence-corrected chi connectivity index (χ0v) is 13.9. The number of carbonyl (C=O) groups is 1. The number of amides is 2. The van der Waals surface area contributed by atoms with Crippen molar-refractivity contribution in [3.05, 3.63) is 35.3 Å². The van der Waals surface area contributed by atoms with Crippen molar-refractivity contribution in [2.75, 3.05) is 11.9 Å². The largest absolute Gasteiger partial charge is 0.393 e. The zero-order chi connectivity index (χ0) is 16.2. The van der Waals surface area contributed by atoms with E-state index < -0.39 is 0 Å². The number of aromatic nitrogens is 1. The van der Waals surface area contributed by atoms with Gasteiger partial charge in [0.15, 0.2) is 0 Å². The number of thiazole rings is 1. The molecule has 5 nitrogen and oxygen atoms in total. The number of aliphatic hydroxyl groups is 1. The minimum atomic E-state index is -0.281. The highest BCUT2D eigenvalue weighted by molar-refractivity contribution is 7.13. The van der Waals surface area contributed by atoms with Crippen molar-refractivity contribution in [1.29, 1.82) is 0 Å². The van der Waals surface area contributed by atoms with Crippen LogP contribution >= 0.6 is 11.3 Å². The third kappa shape index (κ3) is 4.09. The van der Waals surface area contributed by atoms with Gasteiger partial charge in [-0.3, -0.25) is 0 Å². The first-order valence-corrected chi connectivity index (χ1v) is 8.75. The molecule has 0 saturated heterocycles. The molecule has 0 bridgehead atoms. The van der Waals surface area contributed by atoms with Gasteiger partial charge in [-0.05, 0) is 44.0 Å². The van der Waals surface area contributed by atoms with Crippen molar-refractivity contribution in [1.82, 2.24) is 10.3 Å². The summed E-state index contributed by atoms with van der Waals surface area (Å²) >= 11 is 1.61. The van der Waals surface area contributed by atoms with Gasteiger partial charge in [-0.1, -0.05) is 6.42 Å². The van der Waals surface area contributed by atoms with Gasteiger partial charge in [0.2, 0.25) is 0 Å². The number of rotatable bonds is 4. The van der Waals surface area contributed by atoms with Crippen LogP contribution in [0, 0.1) is 12.8 Å². The fraction of sp³-hybridized carbons (Fsp3) is 0.412. The molecule has 1 aromatic carbocycles. The third-order valence-electron chi connectivity index (χ3n) is 4.15. The molecule has 1 saturated carbocycles. The van der Waals surface area contributed by atoms with E-state index in [1.54, 1.807) is 11.3 Å². The summed E-state index contributed by atoms with van der Waals surface area (Å²) in [5, 5.41) is 18.4. The van der Waals surface area contributed by atoms with Crippen molar-refractivity contribution >= 4 is 23.1 Å². The molecule has 0 spiro atoms. The Morgan fingerprint density at radius 3 is 2.74 bits per heavy atom. The van der Waals surface area contributed by atoms with Crippen LogP contribution in [0.3, 0.4) is 0 Å². The number of hydrogen-bond donors (Lipinski definition) is 3. The lowest BCUT2D eigenvalue weighted by Gasteiger charge is -2.15. The molecule has 0 radical (unpaired) electrons. The lowest BCUT2D eigenvalue weighted by atomic mass is 10.1. The fourth-order valence-corrected chi connectivity index (χ4v) is 3.64. The number of anilines is 1. The van der Waals surface area contributed by atoms with Gasteiger partial charge in [-0.25, -0.2) is 9.78 Å². The summed E-state index contributed by atoms with van der Waals surface area (Å²) in [5.74, 6) is 0.177. The smallest absolute Gasteiger partial charge is 0.319 e. The summed E-state index contributed by atoms with van der Waals surface area (Å²) in [4.78, 5) is 16.4. The van der Waals surface area contributed by atoms with E-state index in [1.807, 2.05) is 36.6 Å². The number of urea groups is 1. The molecule has 1 aliphatic rings. The maximum Gasteiger partial charge on any atom is 0.319 e. The lowest BCUT2D eigenvalue weighted by Crippen LogP contribution is -2.35. The number of benzene rings is 1. The highest BCUT2D eigenvalue weighted by Gasteiger charge is 2.25. The Bertz CT molecular complexity index is 669. The molecular weight excluding hydrogens is 310 g/mol. The summed E-state index contributed by atoms with van der Waals surface area (Å²) < 4.78 is 0. The first-order chi connectivity index (χ1) is 11.1. The first-order valence-electron chi connectivity index (χ1n) is 7.87. The predicted octanol–water partition coefficient (Wildman–Crippen LogP) is 3.40. The number of aliphatic hydroxyl groups excluding tert-OH is 1. The normalized spacial score (nSPS) is 20.4. The quantitative estimate of drug-likeness (QED) is 0.804. The number of nitrogens with zero attached hydrogens (tertiary/aromatic N) is 1. The molecule has 3 rings (SSSR count). The molecule has 2 amide bonds. The average Bonchev–Trinajstić information content (AvgIpc) is 3.15. The van der Waals surface area contributed by atoms with Crippen LogP contribution in [-0.4, -0.2) is 28.8 Å².